The second kappa shape index (κ2) is 22.2. The van der Waals surface area contributed by atoms with Gasteiger partial charge >= 0.3 is 0 Å². The zero-order valence-corrected chi connectivity index (χ0v) is 47.6. The quantitative estimate of drug-likeness (QED) is 0.126. The minimum Gasteiger partial charge on any atom is -0.310 e. The molecule has 17 rings (SSSR count). The summed E-state index contributed by atoms with van der Waals surface area (Å²) in [6.07, 6.45) is 9.24. The molecule has 10 aromatic carbocycles. The Kier molecular flexibility index (Phi) is 13.0. The minimum absolute atomic E-state index is 0.890. The molecule has 0 unspecified atom stereocenters. The average molecular weight is 1130 g/mol. The largest absolute Gasteiger partial charge is 0.310 e. The fraction of sp³-hybridized carbons (Fsp3) is 0. The summed E-state index contributed by atoms with van der Waals surface area (Å²) < 4.78 is 4.62. The van der Waals surface area contributed by atoms with Crippen molar-refractivity contribution in [3.63, 3.8) is 0 Å². The molecule has 414 valence electrons. The van der Waals surface area contributed by atoms with Gasteiger partial charge in [-0.25, -0.2) is 4.98 Å². The number of pyridine rings is 5. The number of para-hydroxylation sites is 5. The van der Waals surface area contributed by atoms with Crippen LogP contribution in [0.25, 0.3) is 110 Å². The van der Waals surface area contributed by atoms with E-state index in [0.29, 0.717) is 0 Å². The number of aromatic nitrogens is 7. The Morgan fingerprint density at radius 1 is 0.250 bits per heavy atom. The number of fused-ring (bicyclic) bond motifs is 10. The summed E-state index contributed by atoms with van der Waals surface area (Å²) in [6, 6.07) is 102. The second-order valence-electron chi connectivity index (χ2n) is 21.7. The maximum Gasteiger partial charge on any atom is 0.145 e. The molecular formula is C79H53N9. The monoisotopic (exact) mass is 1130 g/mol. The zero-order valence-electron chi connectivity index (χ0n) is 47.6. The number of nitrogens with zero attached hydrogens (tertiary/aromatic N) is 9. The van der Waals surface area contributed by atoms with E-state index in [1.165, 1.54) is 21.8 Å². The SMILES string of the molecule is c1ccc(N(c2ccccc2)c2ccc3c(c2)c2ccccc2n3-c2ccc(-c3ccnc4c3ccc3cccnc34)cc2)cc1.c1ccc(N(c2ccccc2)c2ccc3c(c2)c2cccnc2n3-c2ccc(-c3ccnc4cccnc34)cc2)cc1. The molecule has 9 heteroatoms. The lowest BCUT2D eigenvalue weighted by atomic mass is 9.99. The van der Waals surface area contributed by atoms with Crippen LogP contribution in [-0.2, 0) is 0 Å². The van der Waals surface area contributed by atoms with Gasteiger partial charge in [0.15, 0.2) is 0 Å². The topological polar surface area (TPSA) is 80.8 Å². The van der Waals surface area contributed by atoms with Gasteiger partial charge in [0, 0.05) is 114 Å². The van der Waals surface area contributed by atoms with Crippen LogP contribution in [0.15, 0.2) is 322 Å². The Bertz CT molecular complexity index is 5300. The van der Waals surface area contributed by atoms with Crippen LogP contribution in [0.4, 0.5) is 34.1 Å². The lowest BCUT2D eigenvalue weighted by Crippen LogP contribution is -2.09. The summed E-state index contributed by atoms with van der Waals surface area (Å²) in [4.78, 5) is 27.9. The Balaban J connectivity index is 0.000000142. The third-order valence-corrected chi connectivity index (χ3v) is 16.6. The zero-order chi connectivity index (χ0) is 58.3. The minimum atomic E-state index is 0.890. The highest BCUT2D eigenvalue weighted by atomic mass is 15.2. The molecule has 0 radical (unpaired) electrons. The fourth-order valence-corrected chi connectivity index (χ4v) is 12.6. The molecule has 0 amide bonds. The first-order chi connectivity index (χ1) is 43.7. The van der Waals surface area contributed by atoms with Gasteiger partial charge in [0.1, 0.15) is 5.65 Å². The van der Waals surface area contributed by atoms with Crippen LogP contribution in [0, 0.1) is 0 Å². The van der Waals surface area contributed by atoms with Crippen molar-refractivity contribution in [1.82, 2.24) is 34.1 Å². The summed E-state index contributed by atoms with van der Waals surface area (Å²) >= 11 is 0. The van der Waals surface area contributed by atoms with Gasteiger partial charge in [0.05, 0.1) is 38.6 Å². The van der Waals surface area contributed by atoms with Gasteiger partial charge < -0.3 is 14.4 Å². The predicted octanol–water partition coefficient (Wildman–Crippen LogP) is 20.3. The lowest BCUT2D eigenvalue weighted by molar-refractivity contribution is 1.14. The highest BCUT2D eigenvalue weighted by Crippen LogP contribution is 2.42. The number of anilines is 6. The van der Waals surface area contributed by atoms with E-state index >= 15 is 0 Å². The first-order valence-electron chi connectivity index (χ1n) is 29.5. The number of rotatable bonds is 10. The smallest absolute Gasteiger partial charge is 0.145 e. The molecule has 9 nitrogen and oxygen atoms in total. The summed E-state index contributed by atoms with van der Waals surface area (Å²) in [6.45, 7) is 0. The van der Waals surface area contributed by atoms with E-state index in [0.717, 1.165) is 123 Å². The molecule has 0 aliphatic carbocycles. The molecule has 0 aliphatic heterocycles. The molecule has 88 heavy (non-hydrogen) atoms. The Morgan fingerprint density at radius 2 is 0.716 bits per heavy atom. The van der Waals surface area contributed by atoms with E-state index in [9.17, 15) is 0 Å². The van der Waals surface area contributed by atoms with Crippen molar-refractivity contribution in [1.29, 1.82) is 0 Å². The van der Waals surface area contributed by atoms with E-state index in [2.05, 4.69) is 283 Å². The number of hydrogen-bond donors (Lipinski definition) is 0. The van der Waals surface area contributed by atoms with Crippen LogP contribution >= 0.6 is 0 Å². The third kappa shape index (κ3) is 9.18. The van der Waals surface area contributed by atoms with Crippen LogP contribution in [-0.4, -0.2) is 34.1 Å². The molecule has 7 aromatic heterocycles. The lowest BCUT2D eigenvalue weighted by Gasteiger charge is -2.25. The predicted molar refractivity (Wildman–Crippen MR) is 363 cm³/mol. The average Bonchev–Trinajstić information content (AvgIpc) is 2.02. The second-order valence-corrected chi connectivity index (χ2v) is 21.7. The van der Waals surface area contributed by atoms with E-state index in [-0.39, 0.29) is 0 Å². The van der Waals surface area contributed by atoms with Gasteiger partial charge in [0.25, 0.3) is 0 Å². The first-order valence-corrected chi connectivity index (χ1v) is 29.5. The van der Waals surface area contributed by atoms with Crippen molar-refractivity contribution in [3.8, 4) is 33.6 Å². The van der Waals surface area contributed by atoms with Gasteiger partial charge in [-0.05, 0) is 174 Å². The van der Waals surface area contributed by atoms with Gasteiger partial charge in [0.2, 0.25) is 0 Å². The summed E-state index contributed by atoms with van der Waals surface area (Å²) in [5.41, 5.74) is 21.4. The van der Waals surface area contributed by atoms with Crippen molar-refractivity contribution >= 4 is 111 Å². The summed E-state index contributed by atoms with van der Waals surface area (Å²) in [5, 5.41) is 6.91. The van der Waals surface area contributed by atoms with E-state index < -0.39 is 0 Å². The van der Waals surface area contributed by atoms with Crippen LogP contribution in [0.1, 0.15) is 0 Å². The number of hydrogen-bond acceptors (Lipinski definition) is 7. The highest BCUT2D eigenvalue weighted by molar-refractivity contribution is 6.12. The fourth-order valence-electron chi connectivity index (χ4n) is 12.6. The molecule has 0 bridgehead atoms. The molecule has 0 saturated heterocycles. The van der Waals surface area contributed by atoms with Crippen LogP contribution < -0.4 is 9.80 Å². The van der Waals surface area contributed by atoms with Crippen molar-refractivity contribution in [2.75, 3.05) is 9.80 Å². The normalized spacial score (nSPS) is 11.4. The van der Waals surface area contributed by atoms with Gasteiger partial charge in [-0.1, -0.05) is 133 Å². The molecule has 0 saturated carbocycles. The van der Waals surface area contributed by atoms with E-state index in [1.807, 2.05) is 73.4 Å². The number of benzene rings is 10. The van der Waals surface area contributed by atoms with Gasteiger partial charge in [-0.2, -0.15) is 0 Å². The molecule has 17 aromatic rings. The van der Waals surface area contributed by atoms with Crippen LogP contribution in [0.2, 0.25) is 0 Å². The van der Waals surface area contributed by atoms with Crippen molar-refractivity contribution in [2.45, 2.75) is 0 Å². The molecule has 7 heterocycles. The maximum absolute atomic E-state index is 4.84. The molecule has 0 fully saturated rings. The molecule has 0 spiro atoms. The van der Waals surface area contributed by atoms with Gasteiger partial charge in [-0.15, -0.1) is 0 Å². The van der Waals surface area contributed by atoms with E-state index in [4.69, 9.17) is 9.97 Å². The highest BCUT2D eigenvalue weighted by Gasteiger charge is 2.21. The first kappa shape index (κ1) is 51.6. The van der Waals surface area contributed by atoms with Crippen molar-refractivity contribution in [3.05, 3.63) is 322 Å². The Hall–Kier alpha value is -12.1. The standard InChI is InChI=1S/C42H28N4.C37H25N5/c1-3-11-31(12-4-1)45(32-13-5-2-6-14-32)34-22-24-40-38(28-34)36-15-7-8-16-39(36)46(40)33-20-17-29(18-21-33)35-25-27-44-42-37(35)23-19-30-10-9-26-43-41(30)42;1-3-9-27(10-4-1)41(28-11-5-2-6-12-28)30-19-20-35-33(25-30)32-13-7-23-40-37(32)42(35)29-17-15-26(16-18-29)31-21-24-38-34-14-8-22-39-36(31)34/h1-28H;1-25H. The third-order valence-electron chi connectivity index (χ3n) is 16.6. The summed E-state index contributed by atoms with van der Waals surface area (Å²) in [5.74, 6) is 0. The van der Waals surface area contributed by atoms with Crippen molar-refractivity contribution < 1.29 is 0 Å². The molecular weight excluding hydrogens is 1070 g/mol. The van der Waals surface area contributed by atoms with Crippen LogP contribution in [0.5, 0.6) is 0 Å². The summed E-state index contributed by atoms with van der Waals surface area (Å²) in [7, 11) is 0. The maximum atomic E-state index is 4.84. The molecule has 0 aliphatic rings. The van der Waals surface area contributed by atoms with Crippen molar-refractivity contribution in [2.24, 2.45) is 0 Å². The molecule has 0 N–H and O–H groups in total. The Labute approximate surface area is 507 Å². The van der Waals surface area contributed by atoms with Crippen LogP contribution in [0.3, 0.4) is 0 Å². The van der Waals surface area contributed by atoms with E-state index in [1.54, 1.807) is 0 Å². The van der Waals surface area contributed by atoms with Gasteiger partial charge in [-0.3, -0.25) is 24.5 Å². The Morgan fingerprint density at radius 3 is 1.35 bits per heavy atom. The molecule has 0 atom stereocenters.